The highest BCUT2D eigenvalue weighted by Gasteiger charge is 2.16. The first-order valence-electron chi connectivity index (χ1n) is 8.60. The number of rotatable bonds is 6. The van der Waals surface area contributed by atoms with Gasteiger partial charge in [-0.15, -0.1) is 0 Å². The van der Waals surface area contributed by atoms with Crippen LogP contribution in [0.2, 0.25) is 0 Å². The van der Waals surface area contributed by atoms with E-state index in [-0.39, 0.29) is 5.91 Å². The molecule has 0 aliphatic rings. The van der Waals surface area contributed by atoms with Gasteiger partial charge in [0.1, 0.15) is 5.69 Å². The number of carbonyl (C=O) groups is 1. The van der Waals surface area contributed by atoms with Crippen LogP contribution in [-0.2, 0) is 6.42 Å². The number of para-hydroxylation sites is 1. The molecule has 3 rings (SSSR count). The van der Waals surface area contributed by atoms with Crippen LogP contribution in [0.4, 0.5) is 11.6 Å². The molecule has 1 N–H and O–H groups in total. The van der Waals surface area contributed by atoms with Crippen molar-refractivity contribution < 1.29 is 4.79 Å². The number of benzene rings is 2. The maximum Gasteiger partial charge on any atom is 0.276 e. The van der Waals surface area contributed by atoms with Crippen molar-refractivity contribution in [2.75, 3.05) is 23.8 Å². The van der Waals surface area contributed by atoms with E-state index in [0.717, 1.165) is 17.8 Å². The predicted octanol–water partition coefficient (Wildman–Crippen LogP) is 3.72. The van der Waals surface area contributed by atoms with Crippen LogP contribution >= 0.6 is 0 Å². The highest BCUT2D eigenvalue weighted by Crippen LogP contribution is 2.15. The highest BCUT2D eigenvalue weighted by molar-refractivity contribution is 6.04. The second kappa shape index (κ2) is 8.25. The minimum absolute atomic E-state index is 0.159. The van der Waals surface area contributed by atoms with Gasteiger partial charge in [-0.1, -0.05) is 48.5 Å². The number of hydrogen-bond acceptors (Lipinski definition) is 4. The largest absolute Gasteiger partial charge is 0.354 e. The van der Waals surface area contributed by atoms with Crippen LogP contribution in [0, 0.1) is 6.92 Å². The summed E-state index contributed by atoms with van der Waals surface area (Å²) in [7, 11) is 1.75. The third-order valence-corrected chi connectivity index (χ3v) is 4.06. The number of nitrogens with zero attached hydrogens (tertiary/aromatic N) is 3. The van der Waals surface area contributed by atoms with E-state index in [1.807, 2.05) is 55.5 Å². The summed E-state index contributed by atoms with van der Waals surface area (Å²) in [6.45, 7) is 2.57. The lowest BCUT2D eigenvalue weighted by Gasteiger charge is -2.17. The molecule has 0 aliphatic carbocycles. The van der Waals surface area contributed by atoms with Crippen molar-refractivity contribution in [3.05, 3.63) is 83.7 Å². The Morgan fingerprint density at radius 2 is 1.65 bits per heavy atom. The van der Waals surface area contributed by atoms with Crippen LogP contribution in [-0.4, -0.2) is 29.5 Å². The van der Waals surface area contributed by atoms with Gasteiger partial charge in [-0.3, -0.25) is 4.79 Å². The van der Waals surface area contributed by atoms with Crippen LogP contribution in [0.3, 0.4) is 0 Å². The van der Waals surface area contributed by atoms with Crippen LogP contribution in [0.15, 0.2) is 66.7 Å². The van der Waals surface area contributed by atoms with Gasteiger partial charge in [0, 0.05) is 25.0 Å². The topological polar surface area (TPSA) is 58.1 Å². The first-order valence-corrected chi connectivity index (χ1v) is 8.60. The van der Waals surface area contributed by atoms with Crippen LogP contribution in [0.1, 0.15) is 21.7 Å². The van der Waals surface area contributed by atoms with Crippen LogP contribution < -0.4 is 10.2 Å². The molecule has 0 atom stereocenters. The Bertz CT molecular complexity index is 866. The normalized spacial score (nSPS) is 10.4. The summed E-state index contributed by atoms with van der Waals surface area (Å²) in [5, 5.41) is 3.21. The molecule has 3 aromatic rings. The smallest absolute Gasteiger partial charge is 0.276 e. The summed E-state index contributed by atoms with van der Waals surface area (Å²) >= 11 is 0. The molecule has 0 aliphatic heterocycles. The van der Waals surface area contributed by atoms with Gasteiger partial charge >= 0.3 is 0 Å². The first kappa shape index (κ1) is 17.6. The van der Waals surface area contributed by atoms with Crippen molar-refractivity contribution in [2.24, 2.45) is 0 Å². The summed E-state index contributed by atoms with van der Waals surface area (Å²) < 4.78 is 0. The molecule has 0 radical (unpaired) electrons. The zero-order valence-corrected chi connectivity index (χ0v) is 15.0. The molecule has 0 fully saturated rings. The number of nitrogens with one attached hydrogen (secondary N) is 1. The molecular formula is C21H22N4O. The second-order valence-electron chi connectivity index (χ2n) is 6.08. The molecule has 0 spiro atoms. The van der Waals surface area contributed by atoms with E-state index in [0.29, 0.717) is 18.2 Å². The monoisotopic (exact) mass is 346 g/mol. The lowest BCUT2D eigenvalue weighted by Crippen LogP contribution is -2.27. The first-order chi connectivity index (χ1) is 12.6. The molecule has 1 amide bonds. The summed E-state index contributed by atoms with van der Waals surface area (Å²) in [5.41, 5.74) is 3.21. The number of aryl methyl sites for hydroxylation is 1. The quantitative estimate of drug-likeness (QED) is 0.739. The maximum atomic E-state index is 12.8. The van der Waals surface area contributed by atoms with E-state index in [4.69, 9.17) is 0 Å². The standard InChI is InChI=1S/C21H22N4O/c1-16-15-19(20(26)25(2)18-11-7-4-8-12-18)24-21(23-16)22-14-13-17-9-5-3-6-10-17/h3-12,15H,13-14H2,1-2H3,(H,22,23,24). The van der Waals surface area contributed by atoms with Gasteiger partial charge in [0.05, 0.1) is 0 Å². The Hall–Kier alpha value is -3.21. The van der Waals surface area contributed by atoms with E-state index in [1.54, 1.807) is 18.0 Å². The number of aromatic nitrogens is 2. The van der Waals surface area contributed by atoms with Crippen LogP contribution in [0.5, 0.6) is 0 Å². The molecule has 0 unspecified atom stereocenters. The van der Waals surface area contributed by atoms with E-state index in [2.05, 4.69) is 27.4 Å². The minimum Gasteiger partial charge on any atom is -0.354 e. The predicted molar refractivity (Wildman–Crippen MR) is 105 cm³/mol. The third-order valence-electron chi connectivity index (χ3n) is 4.06. The lowest BCUT2D eigenvalue weighted by atomic mass is 10.1. The number of hydrogen-bond donors (Lipinski definition) is 1. The molecule has 5 nitrogen and oxygen atoms in total. The Kier molecular flexibility index (Phi) is 5.59. The lowest BCUT2D eigenvalue weighted by molar-refractivity contribution is 0.0988. The van der Waals surface area contributed by atoms with Crippen molar-refractivity contribution in [3.8, 4) is 0 Å². The van der Waals surface area contributed by atoms with Crippen LogP contribution in [0.25, 0.3) is 0 Å². The van der Waals surface area contributed by atoms with E-state index in [1.165, 1.54) is 5.56 Å². The SMILES string of the molecule is Cc1cc(C(=O)N(C)c2ccccc2)nc(NCCc2ccccc2)n1. The van der Waals surface area contributed by atoms with E-state index < -0.39 is 0 Å². The van der Waals surface area contributed by atoms with Crippen molar-refractivity contribution >= 4 is 17.5 Å². The summed E-state index contributed by atoms with van der Waals surface area (Å²) in [4.78, 5) is 23.1. The summed E-state index contributed by atoms with van der Waals surface area (Å²) in [6.07, 6.45) is 0.866. The van der Waals surface area contributed by atoms with E-state index in [9.17, 15) is 4.79 Å². The molecule has 132 valence electrons. The average molecular weight is 346 g/mol. The summed E-state index contributed by atoms with van der Waals surface area (Å²) in [5.74, 6) is 0.318. The molecular weight excluding hydrogens is 324 g/mol. The Morgan fingerprint density at radius 1 is 1.00 bits per heavy atom. The van der Waals surface area contributed by atoms with Crippen molar-refractivity contribution in [2.45, 2.75) is 13.3 Å². The zero-order valence-electron chi connectivity index (χ0n) is 15.0. The molecule has 1 aromatic heterocycles. The fraction of sp³-hybridized carbons (Fsp3) is 0.190. The molecule has 2 aromatic carbocycles. The Balaban J connectivity index is 1.70. The van der Waals surface area contributed by atoms with Gasteiger partial charge in [-0.05, 0) is 37.1 Å². The molecule has 0 saturated carbocycles. The third kappa shape index (κ3) is 4.45. The summed E-state index contributed by atoms with van der Waals surface area (Å²) in [6, 6.07) is 21.4. The van der Waals surface area contributed by atoms with Gasteiger partial charge in [0.2, 0.25) is 5.95 Å². The van der Waals surface area contributed by atoms with Gasteiger partial charge in [0.15, 0.2) is 0 Å². The Morgan fingerprint density at radius 3 is 2.35 bits per heavy atom. The fourth-order valence-electron chi connectivity index (χ4n) is 2.66. The van der Waals surface area contributed by atoms with Crippen molar-refractivity contribution in [1.82, 2.24) is 9.97 Å². The van der Waals surface area contributed by atoms with Gasteiger partial charge in [0.25, 0.3) is 5.91 Å². The molecule has 26 heavy (non-hydrogen) atoms. The second-order valence-corrected chi connectivity index (χ2v) is 6.08. The maximum absolute atomic E-state index is 12.8. The van der Waals surface area contributed by atoms with Crippen molar-refractivity contribution in [3.63, 3.8) is 0 Å². The minimum atomic E-state index is -0.159. The highest BCUT2D eigenvalue weighted by atomic mass is 16.2. The number of carbonyl (C=O) groups excluding carboxylic acids is 1. The van der Waals surface area contributed by atoms with E-state index >= 15 is 0 Å². The van der Waals surface area contributed by atoms with Gasteiger partial charge < -0.3 is 10.2 Å². The fourth-order valence-corrected chi connectivity index (χ4v) is 2.66. The number of amides is 1. The molecule has 0 saturated heterocycles. The molecule has 5 heteroatoms. The van der Waals surface area contributed by atoms with Gasteiger partial charge in [-0.25, -0.2) is 9.97 Å². The van der Waals surface area contributed by atoms with Crippen molar-refractivity contribution in [1.29, 1.82) is 0 Å². The molecule has 1 heterocycles. The zero-order chi connectivity index (χ0) is 18.4. The average Bonchev–Trinajstić information content (AvgIpc) is 2.68. The number of anilines is 2. The van der Waals surface area contributed by atoms with Gasteiger partial charge in [-0.2, -0.15) is 0 Å². The Labute approximate surface area is 153 Å². The molecule has 0 bridgehead atoms.